The van der Waals surface area contributed by atoms with Gasteiger partial charge in [0.1, 0.15) is 11.4 Å². The van der Waals surface area contributed by atoms with Crippen LogP contribution in [0.2, 0.25) is 19.6 Å². The average molecular weight is 248 g/mol. The third kappa shape index (κ3) is 2.41. The normalized spacial score (nSPS) is 31.1. The lowest BCUT2D eigenvalue weighted by atomic mass is 9.93. The monoisotopic (exact) mass is 248 g/mol. The van der Waals surface area contributed by atoms with Crippen LogP contribution in [0.25, 0.3) is 0 Å². The van der Waals surface area contributed by atoms with E-state index in [0.717, 1.165) is 12.2 Å². The van der Waals surface area contributed by atoms with Crippen LogP contribution in [0.3, 0.4) is 0 Å². The number of aliphatic hydroxyl groups is 1. The van der Waals surface area contributed by atoms with Gasteiger partial charge in [-0.05, 0) is 17.3 Å². The summed E-state index contributed by atoms with van der Waals surface area (Å²) in [6, 6.07) is 0. The van der Waals surface area contributed by atoms with Crippen molar-refractivity contribution in [2.75, 3.05) is 13.7 Å². The van der Waals surface area contributed by atoms with Gasteiger partial charge in [0.15, 0.2) is 6.17 Å². The molecular formula is C11H18F2O2Si. The van der Waals surface area contributed by atoms with E-state index in [2.05, 4.69) is 0 Å². The Morgan fingerprint density at radius 3 is 2.50 bits per heavy atom. The van der Waals surface area contributed by atoms with Crippen LogP contribution in [0, 0.1) is 0 Å². The minimum absolute atomic E-state index is 0.120. The maximum atomic E-state index is 14.2. The van der Waals surface area contributed by atoms with Crippen molar-refractivity contribution in [2.24, 2.45) is 0 Å². The molecule has 5 heteroatoms. The van der Waals surface area contributed by atoms with Crippen LogP contribution >= 0.6 is 0 Å². The number of hydrogen-bond donors (Lipinski definition) is 1. The first-order chi connectivity index (χ1) is 7.22. The van der Waals surface area contributed by atoms with E-state index < -0.39 is 25.7 Å². The van der Waals surface area contributed by atoms with E-state index in [4.69, 9.17) is 4.74 Å². The van der Waals surface area contributed by atoms with Crippen molar-refractivity contribution < 1.29 is 18.6 Å². The number of halogens is 2. The first-order valence-electron chi connectivity index (χ1n) is 5.17. The second-order valence-corrected chi connectivity index (χ2v) is 10.2. The molecule has 0 saturated carbocycles. The van der Waals surface area contributed by atoms with Crippen molar-refractivity contribution >= 4 is 8.07 Å². The molecule has 92 valence electrons. The summed E-state index contributed by atoms with van der Waals surface area (Å²) in [7, 11) is -0.761. The summed E-state index contributed by atoms with van der Waals surface area (Å²) in [4.78, 5) is 0. The molecule has 1 rings (SSSR count). The van der Waals surface area contributed by atoms with Gasteiger partial charge in [-0.3, -0.25) is 0 Å². The lowest BCUT2D eigenvalue weighted by molar-refractivity contribution is -0.0375. The Bertz CT molecular complexity index is 333. The molecule has 0 aromatic heterocycles. The Morgan fingerprint density at radius 1 is 1.50 bits per heavy atom. The summed E-state index contributed by atoms with van der Waals surface area (Å²) < 4.78 is 32.6. The van der Waals surface area contributed by atoms with E-state index in [-0.39, 0.29) is 11.8 Å². The molecule has 2 atom stereocenters. The number of methoxy groups -OCH3 is 1. The minimum atomic E-state index is -2.14. The fourth-order valence-electron chi connectivity index (χ4n) is 1.85. The van der Waals surface area contributed by atoms with Crippen molar-refractivity contribution in [1.29, 1.82) is 0 Å². The van der Waals surface area contributed by atoms with E-state index in [9.17, 15) is 13.9 Å². The Hall–Kier alpha value is -0.523. The maximum Gasteiger partial charge on any atom is 0.155 e. The largest absolute Gasteiger partial charge is 0.381 e. The highest BCUT2D eigenvalue weighted by molar-refractivity contribution is 6.83. The second kappa shape index (κ2) is 4.39. The molecule has 16 heavy (non-hydrogen) atoms. The van der Waals surface area contributed by atoms with Crippen LogP contribution in [0.1, 0.15) is 0 Å². The van der Waals surface area contributed by atoms with Crippen LogP contribution in [-0.4, -0.2) is 38.7 Å². The molecule has 0 fully saturated rings. The number of hydrogen-bond acceptors (Lipinski definition) is 2. The van der Waals surface area contributed by atoms with Crippen molar-refractivity contribution in [3.05, 3.63) is 23.2 Å². The van der Waals surface area contributed by atoms with Gasteiger partial charge in [0.05, 0.1) is 14.7 Å². The molecule has 1 aliphatic rings. The van der Waals surface area contributed by atoms with Crippen LogP contribution in [0.15, 0.2) is 23.2 Å². The van der Waals surface area contributed by atoms with Crippen molar-refractivity contribution in [3.63, 3.8) is 0 Å². The molecule has 2 unspecified atom stereocenters. The molecule has 0 heterocycles. The van der Waals surface area contributed by atoms with Gasteiger partial charge >= 0.3 is 0 Å². The highest BCUT2D eigenvalue weighted by Gasteiger charge is 2.45. The van der Waals surface area contributed by atoms with Gasteiger partial charge in [-0.25, -0.2) is 8.78 Å². The molecule has 0 radical (unpaired) electrons. The number of alkyl halides is 1. The summed E-state index contributed by atoms with van der Waals surface area (Å²) >= 11 is 0. The zero-order valence-corrected chi connectivity index (χ0v) is 11.1. The molecule has 1 aliphatic carbocycles. The third-order valence-corrected chi connectivity index (χ3v) is 4.76. The quantitative estimate of drug-likeness (QED) is 0.777. The Morgan fingerprint density at radius 2 is 2.06 bits per heavy atom. The molecule has 2 nitrogen and oxygen atoms in total. The van der Waals surface area contributed by atoms with Gasteiger partial charge in [0, 0.05) is 7.11 Å². The van der Waals surface area contributed by atoms with E-state index in [1.807, 2.05) is 19.6 Å². The fraction of sp³-hybridized carbons (Fsp3) is 0.636. The molecule has 0 aromatic carbocycles. The number of allylic oxidation sites excluding steroid dienone is 2. The van der Waals surface area contributed by atoms with Crippen molar-refractivity contribution in [1.82, 2.24) is 0 Å². The van der Waals surface area contributed by atoms with Crippen LogP contribution in [-0.2, 0) is 4.74 Å². The summed E-state index contributed by atoms with van der Waals surface area (Å²) in [5, 5.41) is 10.1. The molecule has 0 amide bonds. The minimum Gasteiger partial charge on any atom is -0.381 e. The van der Waals surface area contributed by atoms with Crippen LogP contribution < -0.4 is 0 Å². The molecule has 0 bridgehead atoms. The third-order valence-electron chi connectivity index (χ3n) is 2.65. The fourth-order valence-corrected chi connectivity index (χ4v) is 3.66. The predicted octanol–water partition coefficient (Wildman–Crippen LogP) is 2.37. The first kappa shape index (κ1) is 13.5. The molecule has 0 aromatic rings. The van der Waals surface area contributed by atoms with Gasteiger partial charge < -0.3 is 9.84 Å². The number of ether oxygens (including phenoxy) is 1. The Balaban J connectivity index is 3.13. The number of rotatable bonds is 3. The summed E-state index contributed by atoms with van der Waals surface area (Å²) in [5.74, 6) is -0.549. The molecule has 0 aliphatic heterocycles. The van der Waals surface area contributed by atoms with E-state index in [1.54, 1.807) is 0 Å². The Kier molecular flexibility index (Phi) is 3.71. The highest BCUT2D eigenvalue weighted by Crippen LogP contribution is 2.36. The zero-order valence-electron chi connectivity index (χ0n) is 10.1. The predicted molar refractivity (Wildman–Crippen MR) is 62.3 cm³/mol. The lowest BCUT2D eigenvalue weighted by Crippen LogP contribution is -2.49. The van der Waals surface area contributed by atoms with Gasteiger partial charge in [-0.15, -0.1) is 0 Å². The topological polar surface area (TPSA) is 29.5 Å². The van der Waals surface area contributed by atoms with Crippen molar-refractivity contribution in [3.8, 4) is 0 Å². The molecule has 1 N–H and O–H groups in total. The van der Waals surface area contributed by atoms with Gasteiger partial charge in [0.25, 0.3) is 0 Å². The van der Waals surface area contributed by atoms with Crippen LogP contribution in [0.5, 0.6) is 0 Å². The van der Waals surface area contributed by atoms with Crippen molar-refractivity contribution in [2.45, 2.75) is 31.4 Å². The average Bonchev–Trinajstić information content (AvgIpc) is 2.11. The zero-order chi connectivity index (χ0) is 12.6. The molecule has 0 spiro atoms. The second-order valence-electron chi connectivity index (χ2n) is 5.13. The van der Waals surface area contributed by atoms with Crippen LogP contribution in [0.4, 0.5) is 8.78 Å². The smallest absolute Gasteiger partial charge is 0.155 e. The van der Waals surface area contributed by atoms with E-state index >= 15 is 0 Å². The molecule has 0 saturated heterocycles. The van der Waals surface area contributed by atoms with Gasteiger partial charge in [0.2, 0.25) is 0 Å². The Labute approximate surface area is 95.6 Å². The van der Waals surface area contributed by atoms with E-state index in [1.165, 1.54) is 7.11 Å². The van der Waals surface area contributed by atoms with Gasteiger partial charge in [-0.1, -0.05) is 19.6 Å². The summed E-state index contributed by atoms with van der Waals surface area (Å²) in [6.45, 7) is 5.37. The van der Waals surface area contributed by atoms with E-state index in [0.29, 0.717) is 0 Å². The summed E-state index contributed by atoms with van der Waals surface area (Å²) in [5.41, 5.74) is -1.74. The highest BCUT2D eigenvalue weighted by atomic mass is 28.3. The maximum absolute atomic E-state index is 14.2. The standard InChI is InChI=1S/C11H18F2O2Si/c1-15-7-11(14)6-5-8(12)9(10(11)13)16(2,3)4/h5-6,10,14H,7H2,1-4H3. The SMILES string of the molecule is COCC1(O)C=CC(F)=C([Si](C)(C)C)C1F. The van der Waals surface area contributed by atoms with Gasteiger partial charge in [-0.2, -0.15) is 0 Å². The lowest BCUT2D eigenvalue weighted by Gasteiger charge is -2.36. The summed E-state index contributed by atoms with van der Waals surface area (Å²) in [6.07, 6.45) is 0.562. The molecular weight excluding hydrogens is 230 g/mol. The first-order valence-corrected chi connectivity index (χ1v) is 8.67.